The molecule has 0 fully saturated rings. The fourth-order valence-corrected chi connectivity index (χ4v) is 0.725. The second-order valence-corrected chi connectivity index (χ2v) is 2.47. The smallest absolute Gasteiger partial charge is 0.373 e. The highest BCUT2D eigenvalue weighted by Crippen LogP contribution is 1.94. The molecule has 0 spiro atoms. The number of hydrogen-bond acceptors (Lipinski definition) is 4. The maximum atomic E-state index is 10.4. The van der Waals surface area contributed by atoms with E-state index in [4.69, 9.17) is 10.2 Å². The fraction of sp³-hybridized carbons (Fsp3) is 0.111. The number of aromatic carboxylic acids is 1. The molecule has 0 atom stereocenters. The maximum Gasteiger partial charge on any atom is 0.373 e. The molecule has 15 heavy (non-hydrogen) atoms. The average molecular weight is 206 g/mol. The van der Waals surface area contributed by atoms with Crippen molar-refractivity contribution in [3.05, 3.63) is 23.8 Å². The van der Waals surface area contributed by atoms with Gasteiger partial charge in [0.25, 0.3) is 0 Å². The molecule has 6 heteroatoms. The molecule has 1 heterocycles. The highest BCUT2D eigenvalue weighted by molar-refractivity contribution is 5.82. The van der Waals surface area contributed by atoms with Crippen LogP contribution in [0.3, 0.4) is 0 Å². The molecule has 1 aromatic heterocycles. The van der Waals surface area contributed by atoms with Gasteiger partial charge in [-0.05, 0) is 0 Å². The lowest BCUT2D eigenvalue weighted by atomic mass is 10.3. The second kappa shape index (κ2) is 4.72. The van der Waals surface area contributed by atoms with E-state index in [0.29, 0.717) is 5.56 Å². The van der Waals surface area contributed by atoms with Gasteiger partial charge in [-0.1, -0.05) is 11.8 Å². The molecule has 1 aromatic rings. The molecule has 0 bridgehead atoms. The Hall–Kier alpha value is -2.42. The minimum absolute atomic E-state index is 0.277. The molecule has 0 radical (unpaired) electrons. The monoisotopic (exact) mass is 206 g/mol. The molecular weight excluding hydrogens is 200 g/mol. The molecule has 0 saturated heterocycles. The first-order valence-corrected chi connectivity index (χ1v) is 3.85. The van der Waals surface area contributed by atoms with Gasteiger partial charge in [-0.15, -0.1) is 0 Å². The van der Waals surface area contributed by atoms with Gasteiger partial charge >= 0.3 is 11.9 Å². The Morgan fingerprint density at radius 3 is 2.33 bits per heavy atom. The number of carboxylic acid groups (broad SMARTS) is 2. The summed E-state index contributed by atoms with van der Waals surface area (Å²) in [7, 11) is 0. The van der Waals surface area contributed by atoms with E-state index in [1.165, 1.54) is 12.4 Å². The van der Waals surface area contributed by atoms with E-state index in [1.54, 1.807) is 0 Å². The minimum atomic E-state index is -1.22. The highest BCUT2D eigenvalue weighted by atomic mass is 16.4. The van der Waals surface area contributed by atoms with Crippen LogP contribution in [0.1, 0.15) is 22.6 Å². The lowest BCUT2D eigenvalue weighted by molar-refractivity contribution is -0.135. The van der Waals surface area contributed by atoms with Gasteiger partial charge in [0.2, 0.25) is 5.82 Å². The van der Waals surface area contributed by atoms with Crippen molar-refractivity contribution in [3.8, 4) is 11.8 Å². The number of carbonyl (C=O) groups is 2. The SMILES string of the molecule is O=C(O)CC#Cc1cnc(C(=O)O)nc1. The summed E-state index contributed by atoms with van der Waals surface area (Å²) in [6, 6.07) is 0. The molecule has 6 nitrogen and oxygen atoms in total. The number of carboxylic acids is 2. The van der Waals surface area contributed by atoms with Crippen LogP contribution in [0.15, 0.2) is 12.4 Å². The van der Waals surface area contributed by atoms with Crippen molar-refractivity contribution in [3.63, 3.8) is 0 Å². The highest BCUT2D eigenvalue weighted by Gasteiger charge is 2.04. The van der Waals surface area contributed by atoms with Gasteiger partial charge in [0.15, 0.2) is 0 Å². The van der Waals surface area contributed by atoms with E-state index in [0.717, 1.165) is 0 Å². The summed E-state index contributed by atoms with van der Waals surface area (Å²) in [4.78, 5) is 27.5. The Morgan fingerprint density at radius 2 is 1.87 bits per heavy atom. The standard InChI is InChI=1S/C9H6N2O4/c12-7(13)3-1-2-6-4-10-8(9(14)15)11-5-6/h4-5H,3H2,(H,12,13)(H,14,15). The van der Waals surface area contributed by atoms with Crippen molar-refractivity contribution in [2.24, 2.45) is 0 Å². The van der Waals surface area contributed by atoms with Gasteiger partial charge in [-0.25, -0.2) is 14.8 Å². The molecule has 0 aromatic carbocycles. The Kier molecular flexibility index (Phi) is 3.35. The number of nitrogens with zero attached hydrogens (tertiary/aromatic N) is 2. The number of rotatable bonds is 2. The van der Waals surface area contributed by atoms with Crippen molar-refractivity contribution in [2.75, 3.05) is 0 Å². The zero-order chi connectivity index (χ0) is 11.3. The lowest BCUT2D eigenvalue weighted by Gasteiger charge is -1.91. The van der Waals surface area contributed by atoms with E-state index in [2.05, 4.69) is 21.8 Å². The van der Waals surface area contributed by atoms with E-state index in [-0.39, 0.29) is 12.2 Å². The van der Waals surface area contributed by atoms with Gasteiger partial charge in [0.05, 0.1) is 5.56 Å². The van der Waals surface area contributed by atoms with Crippen LogP contribution in [-0.4, -0.2) is 32.1 Å². The molecule has 0 aliphatic carbocycles. The summed E-state index contributed by atoms with van der Waals surface area (Å²) in [5, 5.41) is 16.8. The van der Waals surface area contributed by atoms with Gasteiger partial charge in [0.1, 0.15) is 6.42 Å². The first kappa shape index (κ1) is 10.7. The van der Waals surface area contributed by atoms with E-state index in [1.807, 2.05) is 0 Å². The maximum absolute atomic E-state index is 10.4. The molecule has 76 valence electrons. The van der Waals surface area contributed by atoms with E-state index >= 15 is 0 Å². The zero-order valence-electron chi connectivity index (χ0n) is 7.47. The molecule has 0 saturated carbocycles. The first-order valence-electron chi connectivity index (χ1n) is 3.85. The van der Waals surface area contributed by atoms with Crippen LogP contribution in [0.5, 0.6) is 0 Å². The van der Waals surface area contributed by atoms with Crippen LogP contribution in [-0.2, 0) is 4.79 Å². The van der Waals surface area contributed by atoms with E-state index in [9.17, 15) is 9.59 Å². The molecule has 0 unspecified atom stereocenters. The zero-order valence-corrected chi connectivity index (χ0v) is 7.47. The number of aliphatic carboxylic acids is 1. The van der Waals surface area contributed by atoms with Gasteiger partial charge in [-0.2, -0.15) is 0 Å². The first-order chi connectivity index (χ1) is 7.09. The van der Waals surface area contributed by atoms with Crippen molar-refractivity contribution in [1.82, 2.24) is 9.97 Å². The van der Waals surface area contributed by atoms with Crippen LogP contribution in [0.4, 0.5) is 0 Å². The number of hydrogen-bond donors (Lipinski definition) is 2. The quantitative estimate of drug-likeness (QED) is 0.660. The molecule has 0 amide bonds. The van der Waals surface area contributed by atoms with Crippen molar-refractivity contribution in [2.45, 2.75) is 6.42 Å². The van der Waals surface area contributed by atoms with Crippen LogP contribution in [0, 0.1) is 11.8 Å². The summed E-state index contributed by atoms with van der Waals surface area (Å²) in [5.74, 6) is 2.30. The third kappa shape index (κ3) is 3.44. The third-order valence-corrected chi connectivity index (χ3v) is 1.32. The summed E-state index contributed by atoms with van der Waals surface area (Å²) in [6.45, 7) is 0. The summed E-state index contributed by atoms with van der Waals surface area (Å²) >= 11 is 0. The normalized spacial score (nSPS) is 8.80. The summed E-state index contributed by atoms with van der Waals surface area (Å²) in [6.07, 6.45) is 2.18. The molecule has 0 aliphatic rings. The summed E-state index contributed by atoms with van der Waals surface area (Å²) in [5.41, 5.74) is 0.376. The largest absolute Gasteiger partial charge is 0.481 e. The molecule has 1 rings (SSSR count). The molecule has 0 aliphatic heterocycles. The topological polar surface area (TPSA) is 100 Å². The second-order valence-electron chi connectivity index (χ2n) is 2.47. The van der Waals surface area contributed by atoms with Crippen molar-refractivity contribution < 1.29 is 19.8 Å². The van der Waals surface area contributed by atoms with Gasteiger partial charge in [-0.3, -0.25) is 4.79 Å². The van der Waals surface area contributed by atoms with E-state index < -0.39 is 11.9 Å². The average Bonchev–Trinajstić information content (AvgIpc) is 2.18. The Balaban J connectivity index is 2.75. The number of aromatic nitrogens is 2. The fourth-order valence-electron chi connectivity index (χ4n) is 0.725. The Morgan fingerprint density at radius 1 is 1.27 bits per heavy atom. The third-order valence-electron chi connectivity index (χ3n) is 1.32. The lowest BCUT2D eigenvalue weighted by Crippen LogP contribution is -2.03. The van der Waals surface area contributed by atoms with Crippen molar-refractivity contribution in [1.29, 1.82) is 0 Å². The molecule has 2 N–H and O–H groups in total. The van der Waals surface area contributed by atoms with Gasteiger partial charge < -0.3 is 10.2 Å². The predicted molar refractivity (Wildman–Crippen MR) is 48.1 cm³/mol. The Bertz CT molecular complexity index is 441. The Labute approximate surface area is 84.6 Å². The van der Waals surface area contributed by atoms with Crippen LogP contribution in [0.2, 0.25) is 0 Å². The molecular formula is C9H6N2O4. The van der Waals surface area contributed by atoms with Crippen LogP contribution in [0.25, 0.3) is 0 Å². The van der Waals surface area contributed by atoms with Crippen LogP contribution >= 0.6 is 0 Å². The van der Waals surface area contributed by atoms with Gasteiger partial charge in [0, 0.05) is 12.4 Å². The summed E-state index contributed by atoms with van der Waals surface area (Å²) < 4.78 is 0. The predicted octanol–water partition coefficient (Wildman–Crippen LogP) is 0.00100. The minimum Gasteiger partial charge on any atom is -0.481 e. The van der Waals surface area contributed by atoms with Crippen molar-refractivity contribution >= 4 is 11.9 Å². The van der Waals surface area contributed by atoms with Crippen LogP contribution < -0.4 is 0 Å².